The van der Waals surface area contributed by atoms with E-state index >= 15 is 0 Å². The summed E-state index contributed by atoms with van der Waals surface area (Å²) in [6.45, 7) is 4.76. The van der Waals surface area contributed by atoms with E-state index in [0.29, 0.717) is 18.3 Å². The topological polar surface area (TPSA) is 29.1 Å². The molecule has 0 saturated carbocycles. The Morgan fingerprint density at radius 2 is 2.22 bits per heavy atom. The maximum Gasteiger partial charge on any atom is 0.251 e. The smallest absolute Gasteiger partial charge is 0.251 e. The minimum Gasteiger partial charge on any atom is -0.352 e. The van der Waals surface area contributed by atoms with Crippen LogP contribution in [0, 0.1) is 12.8 Å². The molecule has 1 N–H and O–H groups in total. The summed E-state index contributed by atoms with van der Waals surface area (Å²) in [6.07, 6.45) is 2.01. The van der Waals surface area contributed by atoms with Crippen molar-refractivity contribution in [1.82, 2.24) is 5.32 Å². The van der Waals surface area contributed by atoms with Crippen molar-refractivity contribution >= 4 is 33.4 Å². The fraction of sp³-hybridized carbons (Fsp3) is 0.500. The number of hydrogen-bond acceptors (Lipinski definition) is 1. The summed E-state index contributed by atoms with van der Waals surface area (Å²) in [7, 11) is 0. The van der Waals surface area contributed by atoms with Crippen LogP contribution in [-0.4, -0.2) is 18.3 Å². The van der Waals surface area contributed by atoms with Crippen molar-refractivity contribution in [1.29, 1.82) is 0 Å². The minimum absolute atomic E-state index is 0.00711. The first kappa shape index (κ1) is 15.5. The average Bonchev–Trinajstić information content (AvgIpc) is 2.37. The van der Waals surface area contributed by atoms with Crippen molar-refractivity contribution in [2.45, 2.75) is 26.7 Å². The number of carbonyl (C=O) groups is 1. The van der Waals surface area contributed by atoms with Gasteiger partial charge in [0.2, 0.25) is 0 Å². The molecule has 0 spiro atoms. The van der Waals surface area contributed by atoms with Gasteiger partial charge in [-0.15, -0.1) is 11.6 Å². The predicted molar refractivity (Wildman–Crippen MR) is 80.3 cm³/mol. The molecular formula is C14H19BrClNO. The zero-order valence-corrected chi connectivity index (χ0v) is 13.1. The third kappa shape index (κ3) is 4.62. The summed E-state index contributed by atoms with van der Waals surface area (Å²) >= 11 is 9.16. The molecule has 1 unspecified atom stereocenters. The van der Waals surface area contributed by atoms with E-state index in [2.05, 4.69) is 28.2 Å². The summed E-state index contributed by atoms with van der Waals surface area (Å²) in [5, 5.41) is 2.94. The lowest BCUT2D eigenvalue weighted by atomic mass is 10.1. The number of nitrogens with one attached hydrogen (secondary N) is 1. The second-order valence-corrected chi connectivity index (χ2v) is 5.73. The summed E-state index contributed by atoms with van der Waals surface area (Å²) in [4.78, 5) is 12.0. The van der Waals surface area contributed by atoms with Gasteiger partial charge < -0.3 is 5.32 Å². The second kappa shape index (κ2) is 7.80. The SMILES string of the molecule is Cc1c(Br)cccc1C(=O)NCCCC(C)CCl. The molecule has 0 aromatic heterocycles. The van der Waals surface area contributed by atoms with Gasteiger partial charge in [-0.05, 0) is 43.4 Å². The predicted octanol–water partition coefficient (Wildman–Crippen LogP) is 4.14. The van der Waals surface area contributed by atoms with Crippen molar-refractivity contribution < 1.29 is 4.79 Å². The Morgan fingerprint density at radius 1 is 1.50 bits per heavy atom. The molecule has 0 radical (unpaired) electrons. The lowest BCUT2D eigenvalue weighted by Crippen LogP contribution is -2.25. The van der Waals surface area contributed by atoms with Crippen molar-refractivity contribution in [3.63, 3.8) is 0 Å². The van der Waals surface area contributed by atoms with E-state index in [1.807, 2.05) is 25.1 Å². The Kier molecular flexibility index (Phi) is 6.72. The molecule has 1 aromatic rings. The van der Waals surface area contributed by atoms with Gasteiger partial charge in [0.05, 0.1) is 0 Å². The van der Waals surface area contributed by atoms with Gasteiger partial charge in [0, 0.05) is 22.5 Å². The highest BCUT2D eigenvalue weighted by molar-refractivity contribution is 9.10. The fourth-order valence-corrected chi connectivity index (χ4v) is 2.20. The van der Waals surface area contributed by atoms with Crippen molar-refractivity contribution in [2.24, 2.45) is 5.92 Å². The lowest BCUT2D eigenvalue weighted by Gasteiger charge is -2.10. The molecule has 18 heavy (non-hydrogen) atoms. The highest BCUT2D eigenvalue weighted by Gasteiger charge is 2.10. The monoisotopic (exact) mass is 331 g/mol. The Hall–Kier alpha value is -0.540. The molecule has 0 aliphatic heterocycles. The van der Waals surface area contributed by atoms with Gasteiger partial charge in [-0.3, -0.25) is 4.79 Å². The molecule has 0 bridgehead atoms. The summed E-state index contributed by atoms with van der Waals surface area (Å²) in [6, 6.07) is 5.66. The largest absolute Gasteiger partial charge is 0.352 e. The van der Waals surface area contributed by atoms with Crippen LogP contribution in [0.4, 0.5) is 0 Å². The number of carbonyl (C=O) groups excluding carboxylic acids is 1. The van der Waals surface area contributed by atoms with Crippen LogP contribution >= 0.6 is 27.5 Å². The molecular weight excluding hydrogens is 314 g/mol. The summed E-state index contributed by atoms with van der Waals surface area (Å²) < 4.78 is 0.964. The molecule has 0 fully saturated rings. The standard InChI is InChI=1S/C14H19BrClNO/c1-10(9-16)5-4-8-17-14(18)12-6-3-7-13(15)11(12)2/h3,6-7,10H,4-5,8-9H2,1-2H3,(H,17,18). The summed E-state index contributed by atoms with van der Waals surface area (Å²) in [5.41, 5.74) is 1.71. The van der Waals surface area contributed by atoms with Crippen molar-refractivity contribution in [3.8, 4) is 0 Å². The first-order chi connectivity index (χ1) is 8.56. The first-order valence-corrected chi connectivity index (χ1v) is 7.48. The fourth-order valence-electron chi connectivity index (χ4n) is 1.68. The normalized spacial score (nSPS) is 12.2. The number of hydrogen-bond donors (Lipinski definition) is 1. The van der Waals surface area contributed by atoms with E-state index < -0.39 is 0 Å². The van der Waals surface area contributed by atoms with Crippen LogP contribution in [0.3, 0.4) is 0 Å². The van der Waals surface area contributed by atoms with Gasteiger partial charge in [0.15, 0.2) is 0 Å². The van der Waals surface area contributed by atoms with Crippen molar-refractivity contribution in [2.75, 3.05) is 12.4 Å². The van der Waals surface area contributed by atoms with Gasteiger partial charge in [-0.1, -0.05) is 28.9 Å². The molecule has 0 aliphatic rings. The van der Waals surface area contributed by atoms with E-state index in [1.165, 1.54) is 0 Å². The quantitative estimate of drug-likeness (QED) is 0.615. The Labute approximate surface area is 122 Å². The van der Waals surface area contributed by atoms with Crippen LogP contribution in [0.2, 0.25) is 0 Å². The third-order valence-electron chi connectivity index (χ3n) is 2.93. The first-order valence-electron chi connectivity index (χ1n) is 6.15. The molecule has 1 rings (SSSR count). The number of benzene rings is 1. The zero-order chi connectivity index (χ0) is 13.5. The van der Waals surface area contributed by atoms with Crippen LogP contribution in [0.15, 0.2) is 22.7 Å². The Morgan fingerprint density at radius 3 is 2.89 bits per heavy atom. The van der Waals surface area contributed by atoms with Crippen LogP contribution in [0.1, 0.15) is 35.7 Å². The van der Waals surface area contributed by atoms with Crippen LogP contribution < -0.4 is 5.32 Å². The molecule has 4 heteroatoms. The van der Waals surface area contributed by atoms with E-state index in [-0.39, 0.29) is 5.91 Å². The average molecular weight is 333 g/mol. The molecule has 2 nitrogen and oxygen atoms in total. The third-order valence-corrected chi connectivity index (χ3v) is 4.32. The lowest BCUT2D eigenvalue weighted by molar-refractivity contribution is 0.0952. The molecule has 1 atom stereocenters. The van der Waals surface area contributed by atoms with E-state index in [4.69, 9.17) is 11.6 Å². The van der Waals surface area contributed by atoms with Gasteiger partial charge in [-0.25, -0.2) is 0 Å². The van der Waals surface area contributed by atoms with E-state index in [0.717, 1.165) is 28.4 Å². The zero-order valence-electron chi connectivity index (χ0n) is 10.8. The molecule has 1 aromatic carbocycles. The van der Waals surface area contributed by atoms with Gasteiger partial charge in [0.25, 0.3) is 5.91 Å². The Balaban J connectivity index is 2.44. The highest BCUT2D eigenvalue weighted by Crippen LogP contribution is 2.19. The molecule has 0 heterocycles. The van der Waals surface area contributed by atoms with Crippen LogP contribution in [0.25, 0.3) is 0 Å². The maximum absolute atomic E-state index is 12.0. The van der Waals surface area contributed by atoms with Gasteiger partial charge in [-0.2, -0.15) is 0 Å². The van der Waals surface area contributed by atoms with Crippen molar-refractivity contribution in [3.05, 3.63) is 33.8 Å². The Bertz CT molecular complexity index is 409. The van der Waals surface area contributed by atoms with Crippen LogP contribution in [0.5, 0.6) is 0 Å². The van der Waals surface area contributed by atoms with E-state index in [1.54, 1.807) is 0 Å². The summed E-state index contributed by atoms with van der Waals surface area (Å²) in [5.74, 6) is 1.18. The number of halogens is 2. The number of rotatable bonds is 6. The molecule has 0 saturated heterocycles. The van der Waals surface area contributed by atoms with Gasteiger partial charge >= 0.3 is 0 Å². The maximum atomic E-state index is 12.0. The molecule has 100 valence electrons. The highest BCUT2D eigenvalue weighted by atomic mass is 79.9. The van der Waals surface area contributed by atoms with Gasteiger partial charge in [0.1, 0.15) is 0 Å². The second-order valence-electron chi connectivity index (χ2n) is 4.57. The van der Waals surface area contributed by atoms with Crippen LogP contribution in [-0.2, 0) is 0 Å². The number of amides is 1. The molecule has 0 aliphatic carbocycles. The minimum atomic E-state index is -0.00711. The molecule has 1 amide bonds. The van der Waals surface area contributed by atoms with E-state index in [9.17, 15) is 4.79 Å². The number of alkyl halides is 1.